The molecule has 21 heavy (non-hydrogen) atoms. The van der Waals surface area contributed by atoms with Crippen molar-refractivity contribution in [2.45, 2.75) is 6.61 Å². The predicted octanol–water partition coefficient (Wildman–Crippen LogP) is 4.25. The van der Waals surface area contributed by atoms with E-state index >= 15 is 0 Å². The number of hydrogen-bond acceptors (Lipinski definition) is 3. The molecule has 2 rings (SSSR count). The van der Waals surface area contributed by atoms with Crippen LogP contribution < -0.4 is 4.74 Å². The Hall–Kier alpha value is -2.03. The van der Waals surface area contributed by atoms with Gasteiger partial charge >= 0.3 is 5.97 Å². The molecule has 0 amide bonds. The van der Waals surface area contributed by atoms with E-state index < -0.39 is 5.97 Å². The van der Waals surface area contributed by atoms with Crippen molar-refractivity contribution in [1.82, 2.24) is 0 Å². The molecule has 0 aliphatic heterocycles. The van der Waals surface area contributed by atoms with Gasteiger partial charge in [-0.05, 0) is 30.3 Å². The van der Waals surface area contributed by atoms with E-state index in [1.807, 2.05) is 6.07 Å². The number of nitrogens with zero attached hydrogens (tertiary/aromatic N) is 1. The molecule has 0 saturated carbocycles. The number of benzene rings is 2. The van der Waals surface area contributed by atoms with Crippen LogP contribution in [0.15, 0.2) is 40.9 Å². The predicted molar refractivity (Wildman–Crippen MR) is 81.6 cm³/mol. The number of carboxylic acid groups (broad SMARTS) is 1. The number of halogens is 2. The largest absolute Gasteiger partial charge is 0.488 e. The van der Waals surface area contributed by atoms with Crippen LogP contribution in [0.1, 0.15) is 21.5 Å². The van der Waals surface area contributed by atoms with Crippen molar-refractivity contribution >= 4 is 33.5 Å². The average Bonchev–Trinajstić information content (AvgIpc) is 2.46. The maximum Gasteiger partial charge on any atom is 0.339 e. The lowest BCUT2D eigenvalue weighted by Gasteiger charge is -2.10. The van der Waals surface area contributed by atoms with E-state index in [2.05, 4.69) is 15.9 Å². The Morgan fingerprint density at radius 2 is 2.10 bits per heavy atom. The highest BCUT2D eigenvalue weighted by Gasteiger charge is 2.12. The van der Waals surface area contributed by atoms with Gasteiger partial charge in [0.25, 0.3) is 0 Å². The average molecular weight is 367 g/mol. The van der Waals surface area contributed by atoms with Crippen molar-refractivity contribution in [2.75, 3.05) is 0 Å². The second-order valence-electron chi connectivity index (χ2n) is 4.15. The summed E-state index contributed by atoms with van der Waals surface area (Å²) in [5, 5.41) is 18.3. The van der Waals surface area contributed by atoms with Gasteiger partial charge < -0.3 is 9.84 Å². The van der Waals surface area contributed by atoms with E-state index in [1.165, 1.54) is 6.07 Å². The molecule has 0 aliphatic rings. The molecule has 2 aromatic carbocycles. The highest BCUT2D eigenvalue weighted by Crippen LogP contribution is 2.25. The molecule has 4 nitrogen and oxygen atoms in total. The van der Waals surface area contributed by atoms with Crippen molar-refractivity contribution in [3.8, 4) is 11.8 Å². The molecule has 0 spiro atoms. The summed E-state index contributed by atoms with van der Waals surface area (Å²) < 4.78 is 6.18. The summed E-state index contributed by atoms with van der Waals surface area (Å²) in [6.45, 7) is 0.118. The summed E-state index contributed by atoms with van der Waals surface area (Å²) in [4.78, 5) is 11.2. The normalized spacial score (nSPS) is 9.95. The molecule has 6 heteroatoms. The first-order valence-corrected chi connectivity index (χ1v) is 7.02. The van der Waals surface area contributed by atoms with Gasteiger partial charge in [-0.2, -0.15) is 5.26 Å². The third kappa shape index (κ3) is 3.75. The van der Waals surface area contributed by atoms with E-state index in [4.69, 9.17) is 26.7 Å². The van der Waals surface area contributed by atoms with Crippen molar-refractivity contribution < 1.29 is 14.6 Å². The minimum atomic E-state index is -1.07. The zero-order chi connectivity index (χ0) is 15.4. The molecule has 0 heterocycles. The maximum atomic E-state index is 11.2. The lowest BCUT2D eigenvalue weighted by molar-refractivity contribution is 0.0691. The van der Waals surface area contributed by atoms with Gasteiger partial charge in [-0.1, -0.05) is 33.6 Å². The number of hydrogen-bond donors (Lipinski definition) is 1. The Bertz CT molecular complexity index is 740. The molecule has 0 saturated heterocycles. The van der Waals surface area contributed by atoms with Gasteiger partial charge in [-0.25, -0.2) is 4.79 Å². The van der Waals surface area contributed by atoms with Gasteiger partial charge in [-0.3, -0.25) is 0 Å². The van der Waals surface area contributed by atoms with Crippen LogP contribution in [0.3, 0.4) is 0 Å². The molecule has 0 radical (unpaired) electrons. The number of carbonyl (C=O) groups is 1. The molecule has 2 aromatic rings. The van der Waals surface area contributed by atoms with Crippen LogP contribution in [-0.2, 0) is 6.61 Å². The smallest absolute Gasteiger partial charge is 0.339 e. The fraction of sp³-hybridized carbons (Fsp3) is 0.0667. The third-order valence-electron chi connectivity index (χ3n) is 2.74. The Labute approximate surface area is 134 Å². The molecular formula is C15H9BrClNO3. The van der Waals surface area contributed by atoms with Crippen LogP contribution in [-0.4, -0.2) is 11.1 Å². The van der Waals surface area contributed by atoms with Gasteiger partial charge in [0.15, 0.2) is 0 Å². The SMILES string of the molecule is N#Cc1ccc(COc2ccc(Br)cc2C(=O)O)c(Cl)c1. The topological polar surface area (TPSA) is 70.3 Å². The number of nitriles is 1. The monoisotopic (exact) mass is 365 g/mol. The van der Waals surface area contributed by atoms with Crippen LogP contribution in [0.2, 0.25) is 5.02 Å². The van der Waals surface area contributed by atoms with E-state index in [9.17, 15) is 4.79 Å². The van der Waals surface area contributed by atoms with Crippen molar-refractivity contribution in [1.29, 1.82) is 5.26 Å². The first-order chi connectivity index (χ1) is 10.0. The third-order valence-corrected chi connectivity index (χ3v) is 3.58. The Morgan fingerprint density at radius 3 is 2.71 bits per heavy atom. The quantitative estimate of drug-likeness (QED) is 0.878. The molecule has 0 fully saturated rings. The standard InChI is InChI=1S/C15H9BrClNO3/c16-11-3-4-14(12(6-11)15(19)20)21-8-10-2-1-9(7-18)5-13(10)17/h1-6H,8H2,(H,19,20). The van der Waals surface area contributed by atoms with Gasteiger partial charge in [0.05, 0.1) is 11.6 Å². The Balaban J connectivity index is 2.21. The van der Waals surface area contributed by atoms with Gasteiger partial charge in [-0.15, -0.1) is 0 Å². The lowest BCUT2D eigenvalue weighted by atomic mass is 10.1. The second-order valence-corrected chi connectivity index (χ2v) is 5.48. The van der Waals surface area contributed by atoms with Crippen LogP contribution >= 0.6 is 27.5 Å². The second kappa shape index (κ2) is 6.61. The maximum absolute atomic E-state index is 11.2. The molecular weight excluding hydrogens is 358 g/mol. The first kappa shape index (κ1) is 15.4. The van der Waals surface area contributed by atoms with Gasteiger partial charge in [0, 0.05) is 15.1 Å². The van der Waals surface area contributed by atoms with Crippen LogP contribution in [0, 0.1) is 11.3 Å². The van der Waals surface area contributed by atoms with Gasteiger partial charge in [0.2, 0.25) is 0 Å². The summed E-state index contributed by atoms with van der Waals surface area (Å²) >= 11 is 9.26. The fourth-order valence-electron chi connectivity index (χ4n) is 1.68. The summed E-state index contributed by atoms with van der Waals surface area (Å²) in [5.74, 6) is -0.816. The van der Waals surface area contributed by atoms with E-state index in [0.717, 1.165) is 0 Å². The van der Waals surface area contributed by atoms with Crippen LogP contribution in [0.5, 0.6) is 5.75 Å². The number of carboxylic acids is 1. The minimum absolute atomic E-state index is 0.0640. The molecule has 1 N–H and O–H groups in total. The number of ether oxygens (including phenoxy) is 1. The molecule has 0 bridgehead atoms. The fourth-order valence-corrected chi connectivity index (χ4v) is 2.28. The molecule has 0 atom stereocenters. The van der Waals surface area contributed by atoms with Crippen LogP contribution in [0.25, 0.3) is 0 Å². The first-order valence-electron chi connectivity index (χ1n) is 5.85. The van der Waals surface area contributed by atoms with Crippen molar-refractivity contribution in [3.63, 3.8) is 0 Å². The van der Waals surface area contributed by atoms with Crippen LogP contribution in [0.4, 0.5) is 0 Å². The summed E-state index contributed by atoms with van der Waals surface area (Å²) in [7, 11) is 0. The highest BCUT2D eigenvalue weighted by atomic mass is 79.9. The molecule has 0 unspecified atom stereocenters. The Kier molecular flexibility index (Phi) is 4.84. The van der Waals surface area contributed by atoms with E-state index in [0.29, 0.717) is 20.6 Å². The Morgan fingerprint density at radius 1 is 1.33 bits per heavy atom. The number of aromatic carboxylic acids is 1. The molecule has 0 aromatic heterocycles. The van der Waals surface area contributed by atoms with Gasteiger partial charge in [0.1, 0.15) is 17.9 Å². The zero-order valence-electron chi connectivity index (χ0n) is 10.6. The summed E-state index contributed by atoms with van der Waals surface area (Å²) in [5.41, 5.74) is 1.20. The van der Waals surface area contributed by atoms with Crippen molar-refractivity contribution in [3.05, 3.63) is 62.6 Å². The van der Waals surface area contributed by atoms with Crippen molar-refractivity contribution in [2.24, 2.45) is 0 Å². The molecule has 0 aliphatic carbocycles. The van der Waals surface area contributed by atoms with E-state index in [-0.39, 0.29) is 17.9 Å². The zero-order valence-corrected chi connectivity index (χ0v) is 13.0. The van der Waals surface area contributed by atoms with E-state index in [1.54, 1.807) is 30.3 Å². The summed E-state index contributed by atoms with van der Waals surface area (Å²) in [6, 6.07) is 11.6. The number of rotatable bonds is 4. The highest BCUT2D eigenvalue weighted by molar-refractivity contribution is 9.10. The molecule has 106 valence electrons. The lowest BCUT2D eigenvalue weighted by Crippen LogP contribution is -2.04. The minimum Gasteiger partial charge on any atom is -0.488 e. The summed E-state index contributed by atoms with van der Waals surface area (Å²) in [6.07, 6.45) is 0.